The molecule has 0 radical (unpaired) electrons. The average Bonchev–Trinajstić information content (AvgIpc) is 3.24. The monoisotopic (exact) mass is 827 g/mol. The van der Waals surface area contributed by atoms with Gasteiger partial charge < -0.3 is 14.2 Å². The van der Waals surface area contributed by atoms with Crippen molar-refractivity contribution in [2.75, 3.05) is 13.2 Å². The molecule has 0 heterocycles. The number of esters is 3. The Balaban J connectivity index is 4.57. The lowest BCUT2D eigenvalue weighted by molar-refractivity contribution is -0.167. The van der Waals surface area contributed by atoms with E-state index < -0.39 is 12.1 Å². The van der Waals surface area contributed by atoms with Crippen molar-refractivity contribution in [3.63, 3.8) is 0 Å². The first kappa shape index (κ1) is 55.5. The molecule has 0 saturated carbocycles. The van der Waals surface area contributed by atoms with Crippen LogP contribution in [0.1, 0.15) is 168 Å². The quantitative estimate of drug-likeness (QED) is 0.0202. The fourth-order valence-electron chi connectivity index (χ4n) is 5.66. The van der Waals surface area contributed by atoms with Gasteiger partial charge in [0, 0.05) is 19.3 Å². The number of carbonyl (C=O) groups excluding carboxylic acids is 3. The summed E-state index contributed by atoms with van der Waals surface area (Å²) in [6.07, 6.45) is 65.8. The number of hydrogen-bond acceptors (Lipinski definition) is 6. The third kappa shape index (κ3) is 44.6. The molecule has 6 heteroatoms. The Labute approximate surface area is 366 Å². The van der Waals surface area contributed by atoms with Gasteiger partial charge in [-0.2, -0.15) is 0 Å². The molecule has 0 saturated heterocycles. The molecule has 1 atom stereocenters. The van der Waals surface area contributed by atoms with Crippen LogP contribution in [0.4, 0.5) is 0 Å². The van der Waals surface area contributed by atoms with Crippen LogP contribution in [0.2, 0.25) is 0 Å². The van der Waals surface area contributed by atoms with Gasteiger partial charge in [-0.25, -0.2) is 0 Å². The number of hydrogen-bond donors (Lipinski definition) is 0. The van der Waals surface area contributed by atoms with Gasteiger partial charge in [-0.3, -0.25) is 14.4 Å². The summed E-state index contributed by atoms with van der Waals surface area (Å²) in [6, 6.07) is 0. The number of unbranched alkanes of at least 4 members (excludes halogenated alkanes) is 12. The second-order valence-corrected chi connectivity index (χ2v) is 14.7. The van der Waals surface area contributed by atoms with E-state index in [9.17, 15) is 14.4 Å². The minimum atomic E-state index is -0.833. The zero-order valence-electron chi connectivity index (χ0n) is 37.9. The summed E-state index contributed by atoms with van der Waals surface area (Å²) in [6.45, 7) is 6.12. The molecule has 1 unspecified atom stereocenters. The smallest absolute Gasteiger partial charge is 0.306 e. The van der Waals surface area contributed by atoms with Gasteiger partial charge in [-0.05, 0) is 83.5 Å². The predicted octanol–water partition coefficient (Wildman–Crippen LogP) is 15.1. The number of ether oxygens (including phenoxy) is 3. The van der Waals surface area contributed by atoms with Crippen LogP contribution in [0.25, 0.3) is 0 Å². The lowest BCUT2D eigenvalue weighted by atomic mass is 10.1. The summed E-state index contributed by atoms with van der Waals surface area (Å²) >= 11 is 0. The highest BCUT2D eigenvalue weighted by molar-refractivity contribution is 5.71. The van der Waals surface area contributed by atoms with Gasteiger partial charge in [0.05, 0.1) is 0 Å². The summed E-state index contributed by atoms with van der Waals surface area (Å²) in [5.74, 6) is -1.05. The molecule has 6 nitrogen and oxygen atoms in total. The topological polar surface area (TPSA) is 78.9 Å². The maximum absolute atomic E-state index is 12.7. The van der Waals surface area contributed by atoms with Gasteiger partial charge in [-0.15, -0.1) is 0 Å². The molecule has 0 aliphatic heterocycles. The van der Waals surface area contributed by atoms with E-state index in [1.807, 2.05) is 60.8 Å². The van der Waals surface area contributed by atoms with E-state index in [1.165, 1.54) is 12.8 Å². The van der Waals surface area contributed by atoms with Crippen molar-refractivity contribution in [1.82, 2.24) is 0 Å². The molecule has 0 aliphatic carbocycles. The molecule has 0 bridgehead atoms. The summed E-state index contributed by atoms with van der Waals surface area (Å²) in [7, 11) is 0. The lowest BCUT2D eigenvalue weighted by Crippen LogP contribution is -2.30. The summed E-state index contributed by atoms with van der Waals surface area (Å²) < 4.78 is 16.6. The second-order valence-electron chi connectivity index (χ2n) is 14.7. The molecule has 60 heavy (non-hydrogen) atoms. The van der Waals surface area contributed by atoms with Gasteiger partial charge >= 0.3 is 17.9 Å². The normalized spacial score (nSPS) is 13.3. The highest BCUT2D eigenvalue weighted by Crippen LogP contribution is 2.12. The van der Waals surface area contributed by atoms with Crippen LogP contribution in [0.15, 0.2) is 134 Å². The molecule has 0 amide bonds. The fourth-order valence-corrected chi connectivity index (χ4v) is 5.66. The van der Waals surface area contributed by atoms with Crippen molar-refractivity contribution < 1.29 is 28.6 Å². The van der Waals surface area contributed by atoms with E-state index in [1.54, 1.807) is 0 Å². The van der Waals surface area contributed by atoms with Crippen molar-refractivity contribution in [2.45, 2.75) is 175 Å². The van der Waals surface area contributed by atoms with Crippen LogP contribution in [0.5, 0.6) is 0 Å². The zero-order valence-corrected chi connectivity index (χ0v) is 37.9. The molecule has 0 fully saturated rings. The third-order valence-corrected chi connectivity index (χ3v) is 9.07. The van der Waals surface area contributed by atoms with Crippen LogP contribution >= 0.6 is 0 Å². The molecule has 0 aliphatic rings. The fraction of sp³-hybridized carbons (Fsp3) is 0.537. The largest absolute Gasteiger partial charge is 0.462 e. The van der Waals surface area contributed by atoms with Crippen molar-refractivity contribution in [1.29, 1.82) is 0 Å². The van der Waals surface area contributed by atoms with E-state index in [-0.39, 0.29) is 31.6 Å². The van der Waals surface area contributed by atoms with Gasteiger partial charge in [0.25, 0.3) is 0 Å². The van der Waals surface area contributed by atoms with E-state index in [2.05, 4.69) is 93.7 Å². The molecular formula is C54H82O6. The van der Waals surface area contributed by atoms with Crippen molar-refractivity contribution in [2.24, 2.45) is 0 Å². The van der Waals surface area contributed by atoms with Crippen LogP contribution < -0.4 is 0 Å². The average molecular weight is 827 g/mol. The standard InChI is InChI=1S/C54H82O6/c1-4-7-10-13-16-19-22-25-26-27-30-32-35-38-41-44-47-53(56)59-50-51(60-54(57)48-45-42-39-36-33-29-24-21-18-15-12-9-6-3)49-58-52(55)46-43-40-37-34-31-28-23-20-17-14-11-8-5-2/h7-12,14-21,23-26,29,33,36,39,51H,4-6,13,22,27-28,30-32,34-35,37-38,40-50H2,1-3H3/b10-7+,11-8+,12-9+,17-14+,18-15+,19-16+,23-20+,24-21+,26-25+,33-29+,39-36+. The molecule has 0 rings (SSSR count). The predicted molar refractivity (Wildman–Crippen MR) is 256 cm³/mol. The van der Waals surface area contributed by atoms with Crippen LogP contribution in [0.3, 0.4) is 0 Å². The maximum Gasteiger partial charge on any atom is 0.306 e. The number of rotatable bonds is 39. The summed E-state index contributed by atoms with van der Waals surface area (Å²) in [4.78, 5) is 37.8. The highest BCUT2D eigenvalue weighted by Gasteiger charge is 2.19. The molecule has 0 spiro atoms. The Hall–Kier alpha value is -4.45. The first-order chi connectivity index (χ1) is 29.5. The first-order valence-corrected chi connectivity index (χ1v) is 23.3. The lowest BCUT2D eigenvalue weighted by Gasteiger charge is -2.18. The molecule has 0 aromatic rings. The Kier molecular flexibility index (Phi) is 43.7. The van der Waals surface area contributed by atoms with E-state index >= 15 is 0 Å². The van der Waals surface area contributed by atoms with Crippen LogP contribution in [-0.4, -0.2) is 37.2 Å². The van der Waals surface area contributed by atoms with Gasteiger partial charge in [0.1, 0.15) is 13.2 Å². The number of carbonyl (C=O) groups is 3. The van der Waals surface area contributed by atoms with E-state index in [0.717, 1.165) is 109 Å². The minimum Gasteiger partial charge on any atom is -0.462 e. The highest BCUT2D eigenvalue weighted by atomic mass is 16.6. The number of allylic oxidation sites excluding steroid dienone is 22. The molecular weight excluding hydrogens is 745 g/mol. The van der Waals surface area contributed by atoms with Gasteiger partial charge in [0.2, 0.25) is 0 Å². The van der Waals surface area contributed by atoms with Crippen molar-refractivity contribution >= 4 is 17.9 Å². The van der Waals surface area contributed by atoms with Gasteiger partial charge in [-0.1, -0.05) is 199 Å². The molecule has 0 aromatic carbocycles. The Morgan fingerprint density at radius 1 is 0.350 bits per heavy atom. The molecule has 0 N–H and O–H groups in total. The van der Waals surface area contributed by atoms with Crippen LogP contribution in [-0.2, 0) is 28.6 Å². The Morgan fingerprint density at radius 2 is 0.700 bits per heavy atom. The van der Waals surface area contributed by atoms with Crippen molar-refractivity contribution in [3.05, 3.63) is 134 Å². The van der Waals surface area contributed by atoms with E-state index in [4.69, 9.17) is 14.2 Å². The third-order valence-electron chi connectivity index (χ3n) is 9.07. The van der Waals surface area contributed by atoms with Crippen molar-refractivity contribution in [3.8, 4) is 0 Å². The van der Waals surface area contributed by atoms with Crippen LogP contribution in [0, 0.1) is 0 Å². The SMILES string of the molecule is CC/C=C/C=C/C=C/C=C/C=C/CCCC(=O)OC(COC(=O)CCCCCCC/C=C/C=C/C=C/CC)COC(=O)CCCCCCCC/C=C/C/C=C/C/C=C/CC. The molecule has 334 valence electrons. The first-order valence-electron chi connectivity index (χ1n) is 23.3. The van der Waals surface area contributed by atoms with E-state index in [0.29, 0.717) is 19.3 Å². The Bertz CT molecular complexity index is 1370. The molecule has 0 aromatic heterocycles. The zero-order chi connectivity index (χ0) is 43.7. The maximum atomic E-state index is 12.7. The summed E-state index contributed by atoms with van der Waals surface area (Å²) in [5, 5.41) is 0. The second kappa shape index (κ2) is 47.2. The summed E-state index contributed by atoms with van der Waals surface area (Å²) in [5.41, 5.74) is 0. The Morgan fingerprint density at radius 3 is 1.18 bits per heavy atom. The minimum absolute atomic E-state index is 0.126. The van der Waals surface area contributed by atoms with Gasteiger partial charge in [0.15, 0.2) is 6.10 Å².